The van der Waals surface area contributed by atoms with E-state index >= 15 is 0 Å². The zero-order valence-electron chi connectivity index (χ0n) is 12.0. The van der Waals surface area contributed by atoms with Gasteiger partial charge in [-0.25, -0.2) is 0 Å². The Bertz CT molecular complexity index is 579. The fourth-order valence-corrected chi connectivity index (χ4v) is 1.89. The van der Waals surface area contributed by atoms with Crippen molar-refractivity contribution in [1.82, 2.24) is 30.3 Å². The second-order valence-corrected chi connectivity index (χ2v) is 6.11. The zero-order chi connectivity index (χ0) is 14.2. The highest BCUT2D eigenvalue weighted by Crippen LogP contribution is 2.34. The van der Waals surface area contributed by atoms with Crippen LogP contribution in [-0.4, -0.2) is 30.3 Å². The molecular formula is C12H19N7O. The first-order valence-electron chi connectivity index (χ1n) is 6.89. The summed E-state index contributed by atoms with van der Waals surface area (Å²) >= 11 is 0. The molecule has 0 atom stereocenters. The maximum Gasteiger partial charge on any atom is 0.321 e. The largest absolute Gasteiger partial charge is 0.330 e. The zero-order valence-corrected chi connectivity index (χ0v) is 12.0. The van der Waals surface area contributed by atoms with Gasteiger partial charge >= 0.3 is 6.01 Å². The highest BCUT2D eigenvalue weighted by atomic mass is 16.5. The average Bonchev–Trinajstić information content (AvgIpc) is 2.91. The topological polar surface area (TPSA) is 94.6 Å². The van der Waals surface area contributed by atoms with Crippen LogP contribution in [0.1, 0.15) is 57.6 Å². The van der Waals surface area contributed by atoms with Crippen LogP contribution < -0.4 is 5.32 Å². The van der Waals surface area contributed by atoms with Gasteiger partial charge in [0.25, 0.3) is 0 Å². The van der Waals surface area contributed by atoms with Crippen LogP contribution in [0.25, 0.3) is 0 Å². The molecule has 0 aliphatic heterocycles. The summed E-state index contributed by atoms with van der Waals surface area (Å²) < 4.78 is 5.16. The summed E-state index contributed by atoms with van der Waals surface area (Å²) in [4.78, 5) is 5.93. The maximum absolute atomic E-state index is 5.16. The number of nitrogens with one attached hydrogen (secondary N) is 1. The van der Waals surface area contributed by atoms with Crippen LogP contribution in [0.3, 0.4) is 0 Å². The summed E-state index contributed by atoms with van der Waals surface area (Å²) in [5, 5.41) is 19.3. The van der Waals surface area contributed by atoms with E-state index in [2.05, 4.69) is 30.9 Å². The first-order chi connectivity index (χ1) is 9.52. The number of nitrogens with zero attached hydrogens (tertiary/aromatic N) is 6. The molecular weight excluding hydrogens is 258 g/mol. The van der Waals surface area contributed by atoms with Gasteiger partial charge in [-0.1, -0.05) is 11.6 Å². The van der Waals surface area contributed by atoms with Gasteiger partial charge in [0.2, 0.25) is 0 Å². The minimum absolute atomic E-state index is 0.173. The van der Waals surface area contributed by atoms with Crippen molar-refractivity contribution in [3.05, 3.63) is 11.6 Å². The summed E-state index contributed by atoms with van der Waals surface area (Å²) in [7, 11) is 0. The molecule has 1 aliphatic rings. The van der Waals surface area contributed by atoms with Gasteiger partial charge in [0.05, 0.1) is 12.1 Å². The summed E-state index contributed by atoms with van der Waals surface area (Å²) in [5.74, 6) is 1.86. The Hall–Kier alpha value is -1.99. The molecule has 0 amide bonds. The number of aromatic nitrogens is 6. The molecule has 2 heterocycles. The van der Waals surface area contributed by atoms with Crippen LogP contribution in [0, 0.1) is 0 Å². The molecule has 1 aliphatic carbocycles. The molecule has 8 heteroatoms. The average molecular weight is 277 g/mol. The van der Waals surface area contributed by atoms with Gasteiger partial charge in [-0.3, -0.25) is 0 Å². The van der Waals surface area contributed by atoms with Gasteiger partial charge in [-0.15, -0.1) is 10.2 Å². The Balaban J connectivity index is 1.58. The second-order valence-electron chi connectivity index (χ2n) is 6.11. The molecule has 108 valence electrons. The molecule has 0 spiro atoms. The third kappa shape index (κ3) is 2.63. The minimum atomic E-state index is -0.173. The van der Waals surface area contributed by atoms with E-state index < -0.39 is 0 Å². The molecule has 0 bridgehead atoms. The lowest BCUT2D eigenvalue weighted by Crippen LogP contribution is -2.24. The lowest BCUT2D eigenvalue weighted by Gasteiger charge is -2.20. The molecule has 2 aromatic heterocycles. The molecule has 1 saturated carbocycles. The number of tetrazole rings is 1. The van der Waals surface area contributed by atoms with E-state index in [1.807, 2.05) is 20.8 Å². The maximum atomic E-state index is 5.16. The molecule has 0 unspecified atom stereocenters. The predicted molar refractivity (Wildman–Crippen MR) is 71.0 cm³/mol. The van der Waals surface area contributed by atoms with Crippen molar-refractivity contribution in [2.24, 2.45) is 0 Å². The van der Waals surface area contributed by atoms with E-state index in [-0.39, 0.29) is 5.54 Å². The van der Waals surface area contributed by atoms with Crippen molar-refractivity contribution in [2.75, 3.05) is 5.32 Å². The van der Waals surface area contributed by atoms with E-state index in [0.29, 0.717) is 24.3 Å². The van der Waals surface area contributed by atoms with Crippen LogP contribution in [0.2, 0.25) is 0 Å². The van der Waals surface area contributed by atoms with Crippen LogP contribution in [0.15, 0.2) is 4.52 Å². The normalized spacial score (nSPS) is 16.1. The summed E-state index contributed by atoms with van der Waals surface area (Å²) in [6.45, 7) is 6.49. The van der Waals surface area contributed by atoms with Gasteiger partial charge < -0.3 is 9.84 Å². The lowest BCUT2D eigenvalue weighted by molar-refractivity contribution is 0.305. The molecule has 20 heavy (non-hydrogen) atoms. The first kappa shape index (κ1) is 13.0. The Morgan fingerprint density at radius 2 is 2.15 bits per heavy atom. The quantitative estimate of drug-likeness (QED) is 0.908. The van der Waals surface area contributed by atoms with Crippen molar-refractivity contribution in [1.29, 1.82) is 0 Å². The van der Waals surface area contributed by atoms with Gasteiger partial charge in [0, 0.05) is 5.92 Å². The van der Waals surface area contributed by atoms with Gasteiger partial charge in [-0.2, -0.15) is 9.78 Å². The van der Waals surface area contributed by atoms with Crippen LogP contribution in [0.4, 0.5) is 6.01 Å². The Morgan fingerprint density at radius 1 is 1.35 bits per heavy atom. The SMILES string of the molecule is CC(C)(C)n1nnc(CNc2nc(C3CCC3)no2)n1. The Morgan fingerprint density at radius 3 is 2.75 bits per heavy atom. The van der Waals surface area contributed by atoms with E-state index in [9.17, 15) is 0 Å². The fourth-order valence-electron chi connectivity index (χ4n) is 1.89. The smallest absolute Gasteiger partial charge is 0.321 e. The van der Waals surface area contributed by atoms with Gasteiger partial charge in [-0.05, 0) is 38.8 Å². The fraction of sp³-hybridized carbons (Fsp3) is 0.750. The minimum Gasteiger partial charge on any atom is -0.330 e. The van der Waals surface area contributed by atoms with E-state index in [1.165, 1.54) is 6.42 Å². The Kier molecular flexibility index (Phi) is 3.15. The second kappa shape index (κ2) is 4.84. The molecule has 8 nitrogen and oxygen atoms in total. The first-order valence-corrected chi connectivity index (χ1v) is 6.89. The number of hydrogen-bond acceptors (Lipinski definition) is 7. The summed E-state index contributed by atoms with van der Waals surface area (Å²) in [5.41, 5.74) is -0.173. The highest BCUT2D eigenvalue weighted by Gasteiger charge is 2.24. The van der Waals surface area contributed by atoms with Crippen molar-refractivity contribution >= 4 is 6.01 Å². The Labute approximate surface area is 116 Å². The standard InChI is InChI=1S/C12H19N7O/c1-12(2,3)19-16-9(15-18-19)7-13-11-14-10(17-20-11)8-5-4-6-8/h8H,4-7H2,1-3H3,(H,13,14,17). The monoisotopic (exact) mass is 277 g/mol. The molecule has 0 saturated heterocycles. The summed E-state index contributed by atoms with van der Waals surface area (Å²) in [6, 6.07) is 0.416. The van der Waals surface area contributed by atoms with Gasteiger partial charge in [0.15, 0.2) is 11.6 Å². The lowest BCUT2D eigenvalue weighted by atomic mass is 9.85. The molecule has 0 radical (unpaired) electrons. The predicted octanol–water partition coefficient (Wildman–Crippen LogP) is 1.69. The van der Waals surface area contributed by atoms with Crippen LogP contribution in [-0.2, 0) is 12.1 Å². The molecule has 2 aromatic rings. The summed E-state index contributed by atoms with van der Waals surface area (Å²) in [6.07, 6.45) is 3.56. The van der Waals surface area contributed by atoms with Crippen molar-refractivity contribution < 1.29 is 4.52 Å². The van der Waals surface area contributed by atoms with E-state index in [4.69, 9.17) is 4.52 Å². The third-order valence-electron chi connectivity index (χ3n) is 3.36. The van der Waals surface area contributed by atoms with Crippen molar-refractivity contribution in [3.63, 3.8) is 0 Å². The molecule has 0 aromatic carbocycles. The van der Waals surface area contributed by atoms with E-state index in [0.717, 1.165) is 18.7 Å². The third-order valence-corrected chi connectivity index (χ3v) is 3.36. The number of hydrogen-bond donors (Lipinski definition) is 1. The van der Waals surface area contributed by atoms with Crippen molar-refractivity contribution in [3.8, 4) is 0 Å². The highest BCUT2D eigenvalue weighted by molar-refractivity contribution is 5.20. The molecule has 3 rings (SSSR count). The number of anilines is 1. The van der Waals surface area contributed by atoms with E-state index in [1.54, 1.807) is 4.80 Å². The van der Waals surface area contributed by atoms with Crippen LogP contribution >= 0.6 is 0 Å². The van der Waals surface area contributed by atoms with Crippen LogP contribution in [0.5, 0.6) is 0 Å². The molecule has 1 fully saturated rings. The number of rotatable bonds is 4. The molecule has 1 N–H and O–H groups in total. The van der Waals surface area contributed by atoms with Crippen molar-refractivity contribution in [2.45, 2.75) is 58.0 Å². The van der Waals surface area contributed by atoms with Gasteiger partial charge in [0.1, 0.15) is 0 Å².